The van der Waals surface area contributed by atoms with Gasteiger partial charge in [-0.15, -0.1) is 0 Å². The second-order valence-electron chi connectivity index (χ2n) is 5.82. The maximum absolute atomic E-state index is 14.0. The lowest BCUT2D eigenvalue weighted by Crippen LogP contribution is -2.30. The summed E-state index contributed by atoms with van der Waals surface area (Å²) < 4.78 is 20.9. The molecule has 0 aliphatic carbocycles. The fourth-order valence-electron chi connectivity index (χ4n) is 3.11. The Kier molecular flexibility index (Phi) is 6.15. The number of carbonyl (C=O) groups excluding carboxylic acids is 1. The number of halogens is 1. The molecule has 2 aromatic rings. The van der Waals surface area contributed by atoms with Crippen molar-refractivity contribution in [3.8, 4) is 0 Å². The summed E-state index contributed by atoms with van der Waals surface area (Å²) in [5.74, 6) is -0.407. The number of rotatable bonds is 7. The fourth-order valence-corrected chi connectivity index (χ4v) is 3.11. The molecule has 2 rings (SSSR count). The van der Waals surface area contributed by atoms with Crippen molar-refractivity contribution in [1.29, 1.82) is 0 Å². The number of benzene rings is 1. The first kappa shape index (κ1) is 18.2. The first-order chi connectivity index (χ1) is 11.5. The highest BCUT2D eigenvalue weighted by Crippen LogP contribution is 2.24. The van der Waals surface area contributed by atoms with Gasteiger partial charge in [-0.25, -0.2) is 4.39 Å². The molecule has 0 atom stereocenters. The highest BCUT2D eigenvalue weighted by atomic mass is 19.1. The van der Waals surface area contributed by atoms with Crippen LogP contribution in [-0.4, -0.2) is 30.7 Å². The summed E-state index contributed by atoms with van der Waals surface area (Å²) in [5, 5.41) is 2.87. The van der Waals surface area contributed by atoms with Crippen LogP contribution in [0, 0.1) is 19.7 Å². The van der Waals surface area contributed by atoms with Gasteiger partial charge in [-0.2, -0.15) is 0 Å². The summed E-state index contributed by atoms with van der Waals surface area (Å²) in [5.41, 5.74) is 4.28. The average molecular weight is 332 g/mol. The SMILES string of the molecule is CCc1c(C)c(C(=O)NCCOC)n(Cc2ccccc2F)c1C. The Morgan fingerprint density at radius 1 is 1.29 bits per heavy atom. The molecular formula is C19H25FN2O2. The van der Waals surface area contributed by atoms with Crippen LogP contribution in [0.15, 0.2) is 24.3 Å². The Bertz CT molecular complexity index is 722. The van der Waals surface area contributed by atoms with Crippen LogP contribution in [0.25, 0.3) is 0 Å². The molecule has 1 amide bonds. The summed E-state index contributed by atoms with van der Waals surface area (Å²) in [6.45, 7) is 7.24. The number of aromatic nitrogens is 1. The second kappa shape index (κ2) is 8.11. The zero-order valence-corrected chi connectivity index (χ0v) is 14.8. The predicted molar refractivity (Wildman–Crippen MR) is 93.0 cm³/mol. The van der Waals surface area contributed by atoms with E-state index in [0.29, 0.717) is 31.0 Å². The van der Waals surface area contributed by atoms with Crippen LogP contribution in [-0.2, 0) is 17.7 Å². The first-order valence-electron chi connectivity index (χ1n) is 8.20. The zero-order valence-electron chi connectivity index (χ0n) is 14.8. The summed E-state index contributed by atoms with van der Waals surface area (Å²) in [6, 6.07) is 6.67. The van der Waals surface area contributed by atoms with Crippen molar-refractivity contribution in [2.45, 2.75) is 33.7 Å². The molecule has 0 bridgehead atoms. The van der Waals surface area contributed by atoms with Crippen LogP contribution in [0.4, 0.5) is 4.39 Å². The van der Waals surface area contributed by atoms with Gasteiger partial charge >= 0.3 is 0 Å². The number of methoxy groups -OCH3 is 1. The molecule has 1 aromatic heterocycles. The van der Waals surface area contributed by atoms with E-state index in [1.807, 2.05) is 24.5 Å². The van der Waals surface area contributed by atoms with Gasteiger partial charge in [0.2, 0.25) is 0 Å². The Morgan fingerprint density at radius 3 is 2.62 bits per heavy atom. The molecule has 0 radical (unpaired) electrons. The highest BCUT2D eigenvalue weighted by Gasteiger charge is 2.22. The summed E-state index contributed by atoms with van der Waals surface area (Å²) >= 11 is 0. The number of hydrogen-bond acceptors (Lipinski definition) is 2. The molecule has 4 nitrogen and oxygen atoms in total. The molecular weight excluding hydrogens is 307 g/mol. The van der Waals surface area contributed by atoms with Crippen molar-refractivity contribution in [2.24, 2.45) is 0 Å². The average Bonchev–Trinajstić information content (AvgIpc) is 2.80. The summed E-state index contributed by atoms with van der Waals surface area (Å²) in [7, 11) is 1.59. The van der Waals surface area contributed by atoms with Gasteiger partial charge < -0.3 is 14.6 Å². The molecule has 1 heterocycles. The molecule has 1 N–H and O–H groups in total. The lowest BCUT2D eigenvalue weighted by atomic mass is 10.1. The van der Waals surface area contributed by atoms with E-state index in [0.717, 1.165) is 23.2 Å². The third kappa shape index (κ3) is 3.67. The van der Waals surface area contributed by atoms with Crippen LogP contribution < -0.4 is 5.32 Å². The predicted octanol–water partition coefficient (Wildman–Crippen LogP) is 3.23. The summed E-state index contributed by atoms with van der Waals surface area (Å²) in [4.78, 5) is 12.6. The molecule has 0 fully saturated rings. The highest BCUT2D eigenvalue weighted by molar-refractivity contribution is 5.95. The van der Waals surface area contributed by atoms with Crippen molar-refractivity contribution < 1.29 is 13.9 Å². The lowest BCUT2D eigenvalue weighted by molar-refractivity contribution is 0.0927. The Morgan fingerprint density at radius 2 is 2.00 bits per heavy atom. The minimum Gasteiger partial charge on any atom is -0.383 e. The van der Waals surface area contributed by atoms with Crippen molar-refractivity contribution in [3.63, 3.8) is 0 Å². The van der Waals surface area contributed by atoms with Gasteiger partial charge in [0.15, 0.2) is 0 Å². The Balaban J connectivity index is 2.42. The minimum absolute atomic E-state index is 0.149. The third-order valence-electron chi connectivity index (χ3n) is 4.37. The number of carbonyl (C=O) groups is 1. The van der Waals surface area contributed by atoms with Gasteiger partial charge in [0.05, 0.1) is 13.2 Å². The van der Waals surface area contributed by atoms with E-state index >= 15 is 0 Å². The molecule has 0 saturated carbocycles. The van der Waals surface area contributed by atoms with E-state index in [1.54, 1.807) is 19.2 Å². The van der Waals surface area contributed by atoms with E-state index < -0.39 is 0 Å². The molecule has 24 heavy (non-hydrogen) atoms. The van der Waals surface area contributed by atoms with Crippen molar-refractivity contribution in [1.82, 2.24) is 9.88 Å². The van der Waals surface area contributed by atoms with E-state index in [-0.39, 0.29) is 11.7 Å². The van der Waals surface area contributed by atoms with Gasteiger partial charge in [-0.3, -0.25) is 4.79 Å². The van der Waals surface area contributed by atoms with Crippen LogP contribution in [0.2, 0.25) is 0 Å². The largest absolute Gasteiger partial charge is 0.383 e. The van der Waals surface area contributed by atoms with E-state index in [2.05, 4.69) is 12.2 Å². The first-order valence-corrected chi connectivity index (χ1v) is 8.20. The maximum Gasteiger partial charge on any atom is 0.268 e. The zero-order chi connectivity index (χ0) is 17.7. The molecule has 0 aliphatic rings. The molecule has 0 aliphatic heterocycles. The number of ether oxygens (including phenoxy) is 1. The smallest absolute Gasteiger partial charge is 0.268 e. The third-order valence-corrected chi connectivity index (χ3v) is 4.37. The number of amides is 1. The molecule has 1 aromatic carbocycles. The topological polar surface area (TPSA) is 43.3 Å². The molecule has 0 saturated heterocycles. The maximum atomic E-state index is 14.0. The van der Waals surface area contributed by atoms with Crippen molar-refractivity contribution in [3.05, 3.63) is 58.2 Å². The Labute approximate surface area is 142 Å². The van der Waals surface area contributed by atoms with Crippen LogP contribution in [0.3, 0.4) is 0 Å². The molecule has 130 valence electrons. The van der Waals surface area contributed by atoms with E-state index in [1.165, 1.54) is 6.07 Å². The molecule has 0 unspecified atom stereocenters. The van der Waals surface area contributed by atoms with Crippen molar-refractivity contribution >= 4 is 5.91 Å². The van der Waals surface area contributed by atoms with Gasteiger partial charge in [0, 0.05) is 24.9 Å². The van der Waals surface area contributed by atoms with Gasteiger partial charge in [-0.05, 0) is 37.5 Å². The number of nitrogens with one attached hydrogen (secondary N) is 1. The summed E-state index contributed by atoms with van der Waals surface area (Å²) in [6.07, 6.45) is 0.834. The van der Waals surface area contributed by atoms with Gasteiger partial charge in [0.25, 0.3) is 5.91 Å². The minimum atomic E-state index is -0.257. The molecule has 0 spiro atoms. The Hall–Kier alpha value is -2.14. The monoisotopic (exact) mass is 332 g/mol. The van der Waals surface area contributed by atoms with Crippen LogP contribution in [0.5, 0.6) is 0 Å². The van der Waals surface area contributed by atoms with Crippen molar-refractivity contribution in [2.75, 3.05) is 20.3 Å². The van der Waals surface area contributed by atoms with Gasteiger partial charge in [-0.1, -0.05) is 25.1 Å². The number of hydrogen-bond donors (Lipinski definition) is 1. The van der Waals surface area contributed by atoms with Crippen LogP contribution in [0.1, 0.15) is 39.8 Å². The quantitative estimate of drug-likeness (QED) is 0.791. The molecule has 5 heteroatoms. The second-order valence-corrected chi connectivity index (χ2v) is 5.82. The normalized spacial score (nSPS) is 10.9. The van der Waals surface area contributed by atoms with E-state index in [9.17, 15) is 9.18 Å². The van der Waals surface area contributed by atoms with E-state index in [4.69, 9.17) is 4.74 Å². The van der Waals surface area contributed by atoms with Crippen LogP contribution >= 0.6 is 0 Å². The number of nitrogens with zero attached hydrogens (tertiary/aromatic N) is 1. The fraction of sp³-hybridized carbons (Fsp3) is 0.421. The standard InChI is InChI=1S/C19H25FN2O2/c1-5-16-13(2)18(19(23)21-10-11-24-4)22(14(16)3)12-15-8-6-7-9-17(15)20/h6-9H,5,10-12H2,1-4H3,(H,21,23). The van der Waals surface area contributed by atoms with Gasteiger partial charge in [0.1, 0.15) is 11.5 Å². The lowest BCUT2D eigenvalue weighted by Gasteiger charge is -2.13.